The molecule has 2 heterocycles. The summed E-state index contributed by atoms with van der Waals surface area (Å²) >= 11 is 0. The van der Waals surface area contributed by atoms with Crippen molar-refractivity contribution in [3.8, 4) is 28.5 Å². The molecule has 0 aliphatic carbocycles. The number of carbonyl (C=O) groups excluding carboxylic acids is 1. The molecule has 0 amide bonds. The molecule has 0 bridgehead atoms. The number of hydrogen-bond donors (Lipinski definition) is 0. The minimum atomic E-state index is -0.236. The van der Waals surface area contributed by atoms with Gasteiger partial charge in [-0.25, -0.2) is 4.98 Å². The number of aromatic nitrogens is 2. The minimum absolute atomic E-state index is 0.236. The Labute approximate surface area is 151 Å². The van der Waals surface area contributed by atoms with E-state index >= 15 is 0 Å². The van der Waals surface area contributed by atoms with Crippen LogP contribution in [0, 0.1) is 0 Å². The third kappa shape index (κ3) is 3.35. The van der Waals surface area contributed by atoms with Gasteiger partial charge in [0, 0.05) is 23.5 Å². The van der Waals surface area contributed by atoms with Gasteiger partial charge in [-0.05, 0) is 36.4 Å². The number of ketones is 1. The zero-order valence-electron chi connectivity index (χ0n) is 14.7. The molecule has 6 heteroatoms. The Hall–Kier alpha value is -3.41. The van der Waals surface area contributed by atoms with Gasteiger partial charge >= 0.3 is 0 Å². The predicted molar refractivity (Wildman–Crippen MR) is 97.0 cm³/mol. The highest BCUT2D eigenvalue weighted by molar-refractivity contribution is 6.08. The molecule has 3 rings (SSSR count). The summed E-state index contributed by atoms with van der Waals surface area (Å²) in [5, 5.41) is 0. The maximum absolute atomic E-state index is 12.9. The van der Waals surface area contributed by atoms with Gasteiger partial charge in [-0.1, -0.05) is 6.07 Å². The van der Waals surface area contributed by atoms with Crippen LogP contribution in [-0.4, -0.2) is 37.1 Å². The van der Waals surface area contributed by atoms with Crippen molar-refractivity contribution in [2.24, 2.45) is 0 Å². The Morgan fingerprint density at radius 3 is 2.12 bits per heavy atom. The smallest absolute Gasteiger partial charge is 0.211 e. The van der Waals surface area contributed by atoms with Gasteiger partial charge in [0.1, 0.15) is 5.69 Å². The first kappa shape index (κ1) is 17.4. The lowest BCUT2D eigenvalue weighted by atomic mass is 10.1. The molecule has 0 saturated heterocycles. The maximum atomic E-state index is 12.9. The molecule has 0 saturated carbocycles. The third-order valence-corrected chi connectivity index (χ3v) is 3.88. The minimum Gasteiger partial charge on any atom is -0.493 e. The highest BCUT2D eigenvalue weighted by Crippen LogP contribution is 2.38. The number of carbonyl (C=O) groups is 1. The van der Waals surface area contributed by atoms with E-state index in [1.54, 1.807) is 36.7 Å². The van der Waals surface area contributed by atoms with E-state index in [0.29, 0.717) is 34.2 Å². The summed E-state index contributed by atoms with van der Waals surface area (Å²) < 4.78 is 15.9. The van der Waals surface area contributed by atoms with Gasteiger partial charge in [-0.2, -0.15) is 0 Å². The number of pyridine rings is 2. The first-order chi connectivity index (χ1) is 12.7. The predicted octanol–water partition coefficient (Wildman–Crippen LogP) is 3.40. The second-order valence-electron chi connectivity index (χ2n) is 5.39. The van der Waals surface area contributed by atoms with E-state index in [1.807, 2.05) is 18.2 Å². The molecule has 0 unspecified atom stereocenters. The molecule has 26 heavy (non-hydrogen) atoms. The molecule has 1 aromatic carbocycles. The van der Waals surface area contributed by atoms with Crippen LogP contribution in [-0.2, 0) is 0 Å². The van der Waals surface area contributed by atoms with E-state index in [9.17, 15) is 4.79 Å². The highest BCUT2D eigenvalue weighted by Gasteiger charge is 2.19. The average molecular weight is 350 g/mol. The zero-order valence-corrected chi connectivity index (χ0v) is 14.7. The first-order valence-corrected chi connectivity index (χ1v) is 7.90. The van der Waals surface area contributed by atoms with E-state index in [-0.39, 0.29) is 5.78 Å². The molecule has 0 radical (unpaired) electrons. The fraction of sp³-hybridized carbons (Fsp3) is 0.150. The summed E-state index contributed by atoms with van der Waals surface area (Å²) in [7, 11) is 4.53. The van der Waals surface area contributed by atoms with Crippen LogP contribution in [0.1, 0.15) is 16.1 Å². The van der Waals surface area contributed by atoms with E-state index in [1.165, 1.54) is 21.3 Å². The normalized spacial score (nSPS) is 10.3. The van der Waals surface area contributed by atoms with E-state index in [0.717, 1.165) is 5.56 Å². The summed E-state index contributed by atoms with van der Waals surface area (Å²) in [4.78, 5) is 21.4. The van der Waals surface area contributed by atoms with Crippen molar-refractivity contribution in [2.75, 3.05) is 21.3 Å². The molecule has 0 N–H and O–H groups in total. The van der Waals surface area contributed by atoms with Crippen molar-refractivity contribution < 1.29 is 19.0 Å². The molecule has 6 nitrogen and oxygen atoms in total. The molecule has 0 spiro atoms. The molecule has 0 atom stereocenters. The van der Waals surface area contributed by atoms with Crippen LogP contribution in [0.4, 0.5) is 0 Å². The van der Waals surface area contributed by atoms with Gasteiger partial charge < -0.3 is 14.2 Å². The molecule has 132 valence electrons. The molecule has 2 aromatic heterocycles. The van der Waals surface area contributed by atoms with Crippen LogP contribution >= 0.6 is 0 Å². The summed E-state index contributed by atoms with van der Waals surface area (Å²) in [6, 6.07) is 12.2. The Kier molecular flexibility index (Phi) is 5.12. The Balaban J connectivity index is 2.02. The lowest BCUT2D eigenvalue weighted by molar-refractivity contribution is 0.103. The summed E-state index contributed by atoms with van der Waals surface area (Å²) in [5.41, 5.74) is 2.32. The van der Waals surface area contributed by atoms with Crippen LogP contribution in [0.5, 0.6) is 17.2 Å². The molecule has 3 aromatic rings. The van der Waals surface area contributed by atoms with Crippen molar-refractivity contribution in [3.05, 3.63) is 66.1 Å². The van der Waals surface area contributed by atoms with E-state index in [2.05, 4.69) is 9.97 Å². The first-order valence-electron chi connectivity index (χ1n) is 7.90. The average Bonchev–Trinajstić information content (AvgIpc) is 2.72. The zero-order chi connectivity index (χ0) is 18.5. The number of benzene rings is 1. The molecule has 0 fully saturated rings. The van der Waals surface area contributed by atoms with Crippen molar-refractivity contribution in [3.63, 3.8) is 0 Å². The standard InChI is InChI=1S/C20H18N2O4/c1-24-17-11-14(12-18(25-2)20(17)26-3)19(23)16-6-4-5-15(22-16)13-7-9-21-10-8-13/h4-12H,1-3H3. The third-order valence-electron chi connectivity index (χ3n) is 3.88. The summed E-state index contributed by atoms with van der Waals surface area (Å²) in [5.74, 6) is 1.03. The lowest BCUT2D eigenvalue weighted by Gasteiger charge is -2.13. The highest BCUT2D eigenvalue weighted by atomic mass is 16.5. The maximum Gasteiger partial charge on any atom is 0.211 e. The van der Waals surface area contributed by atoms with Crippen molar-refractivity contribution in [2.45, 2.75) is 0 Å². The van der Waals surface area contributed by atoms with Gasteiger partial charge in [-0.3, -0.25) is 9.78 Å². The van der Waals surface area contributed by atoms with Gasteiger partial charge in [0.25, 0.3) is 0 Å². The summed E-state index contributed by atoms with van der Waals surface area (Å²) in [6.07, 6.45) is 3.37. The largest absolute Gasteiger partial charge is 0.493 e. The number of methoxy groups -OCH3 is 3. The quantitative estimate of drug-likeness (QED) is 0.635. The van der Waals surface area contributed by atoms with Crippen LogP contribution in [0.3, 0.4) is 0 Å². The van der Waals surface area contributed by atoms with Crippen LogP contribution in [0.25, 0.3) is 11.3 Å². The molecular weight excluding hydrogens is 332 g/mol. The molecule has 0 aliphatic heterocycles. The lowest BCUT2D eigenvalue weighted by Crippen LogP contribution is -2.06. The molecular formula is C20H18N2O4. The van der Waals surface area contributed by atoms with E-state index in [4.69, 9.17) is 14.2 Å². The fourth-order valence-corrected chi connectivity index (χ4v) is 2.60. The summed E-state index contributed by atoms with van der Waals surface area (Å²) in [6.45, 7) is 0. The SMILES string of the molecule is COc1cc(C(=O)c2cccc(-c3ccncc3)n2)cc(OC)c1OC. The van der Waals surface area contributed by atoms with Crippen molar-refractivity contribution in [1.82, 2.24) is 9.97 Å². The topological polar surface area (TPSA) is 70.5 Å². The van der Waals surface area contributed by atoms with Crippen molar-refractivity contribution in [1.29, 1.82) is 0 Å². The second kappa shape index (κ2) is 7.65. The van der Waals surface area contributed by atoms with E-state index < -0.39 is 0 Å². The number of rotatable bonds is 6. The van der Waals surface area contributed by atoms with Crippen molar-refractivity contribution >= 4 is 5.78 Å². The molecule has 0 aliphatic rings. The van der Waals surface area contributed by atoms with Gasteiger partial charge in [0.05, 0.1) is 27.0 Å². The Morgan fingerprint density at radius 1 is 0.885 bits per heavy atom. The van der Waals surface area contributed by atoms with Gasteiger partial charge in [-0.15, -0.1) is 0 Å². The Morgan fingerprint density at radius 2 is 1.54 bits per heavy atom. The van der Waals surface area contributed by atoms with Crippen LogP contribution < -0.4 is 14.2 Å². The van der Waals surface area contributed by atoms with Crippen LogP contribution in [0.2, 0.25) is 0 Å². The number of ether oxygens (including phenoxy) is 3. The fourth-order valence-electron chi connectivity index (χ4n) is 2.60. The van der Waals surface area contributed by atoms with Crippen LogP contribution in [0.15, 0.2) is 54.9 Å². The van der Waals surface area contributed by atoms with Gasteiger partial charge in [0.2, 0.25) is 11.5 Å². The van der Waals surface area contributed by atoms with Gasteiger partial charge in [0.15, 0.2) is 11.5 Å². The number of hydrogen-bond acceptors (Lipinski definition) is 6. The monoisotopic (exact) mass is 350 g/mol. The number of nitrogens with zero attached hydrogens (tertiary/aromatic N) is 2. The second-order valence-corrected chi connectivity index (χ2v) is 5.39. The Bertz CT molecular complexity index is 901.